The minimum absolute atomic E-state index is 0.260. The molecule has 0 aliphatic rings. The van der Waals surface area contributed by atoms with Gasteiger partial charge < -0.3 is 15.3 Å². The molecule has 3 aromatic heterocycles. The smallest absolute Gasteiger partial charge is 0.253 e. The third kappa shape index (κ3) is 3.53. The van der Waals surface area contributed by atoms with Gasteiger partial charge in [-0.05, 0) is 49.2 Å². The van der Waals surface area contributed by atoms with Gasteiger partial charge in [-0.1, -0.05) is 19.9 Å². The zero-order chi connectivity index (χ0) is 21.1. The van der Waals surface area contributed by atoms with Crippen molar-refractivity contribution in [1.29, 1.82) is 0 Å². The first-order valence-electron chi connectivity index (χ1n) is 9.65. The van der Waals surface area contributed by atoms with Crippen molar-refractivity contribution < 1.29 is 9.18 Å². The summed E-state index contributed by atoms with van der Waals surface area (Å²) < 4.78 is 14.7. The summed E-state index contributed by atoms with van der Waals surface area (Å²) in [4.78, 5) is 23.3. The number of aryl methyl sites for hydroxylation is 1. The maximum absolute atomic E-state index is 14.7. The van der Waals surface area contributed by atoms with Crippen LogP contribution in [0.5, 0.6) is 0 Å². The lowest BCUT2D eigenvalue weighted by Crippen LogP contribution is -2.19. The molecule has 0 unspecified atom stereocenters. The maximum Gasteiger partial charge on any atom is 0.253 e. The van der Waals surface area contributed by atoms with Gasteiger partial charge in [0.05, 0.1) is 17.0 Å². The molecule has 0 aliphatic carbocycles. The number of nitrogens with zero attached hydrogens (tertiary/aromatic N) is 1. The summed E-state index contributed by atoms with van der Waals surface area (Å²) in [7, 11) is 1.57. The van der Waals surface area contributed by atoms with Gasteiger partial charge in [0.15, 0.2) is 0 Å². The molecule has 4 rings (SSSR count). The quantitative estimate of drug-likeness (QED) is 0.439. The normalized spacial score (nSPS) is 10.6. The molecule has 6 heteroatoms. The van der Waals surface area contributed by atoms with Crippen LogP contribution in [0.3, 0.4) is 0 Å². The number of nitrogens with one attached hydrogen (secondary N) is 3. The van der Waals surface area contributed by atoms with Crippen molar-refractivity contribution in [3.05, 3.63) is 65.2 Å². The van der Waals surface area contributed by atoms with Gasteiger partial charge in [-0.15, -0.1) is 0 Å². The van der Waals surface area contributed by atoms with Crippen molar-refractivity contribution in [3.63, 3.8) is 0 Å². The monoisotopic (exact) mass is 392 g/mol. The summed E-state index contributed by atoms with van der Waals surface area (Å²) in [6.45, 7) is 7.70. The van der Waals surface area contributed by atoms with Crippen LogP contribution in [0.25, 0.3) is 33.5 Å². The van der Waals surface area contributed by atoms with E-state index >= 15 is 0 Å². The highest BCUT2D eigenvalue weighted by Gasteiger charge is 2.24. The zero-order valence-electron chi connectivity index (χ0n) is 17.3. The summed E-state index contributed by atoms with van der Waals surface area (Å²) in [5, 5.41) is 3.59. The third-order valence-electron chi connectivity index (χ3n) is 4.83. The van der Waals surface area contributed by atoms with E-state index in [1.807, 2.05) is 52.1 Å². The van der Waals surface area contributed by atoms with E-state index in [4.69, 9.17) is 0 Å². The van der Waals surface area contributed by atoms with E-state index in [9.17, 15) is 9.18 Å². The number of fused-ring (bicyclic) bond motifs is 1. The van der Waals surface area contributed by atoms with E-state index in [-0.39, 0.29) is 11.7 Å². The molecule has 4 aromatic rings. The van der Waals surface area contributed by atoms with Crippen molar-refractivity contribution in [2.45, 2.75) is 27.7 Å². The number of rotatable bonds is 3. The number of halogens is 1. The first-order chi connectivity index (χ1) is 14.0. The molecule has 0 saturated carbocycles. The Labute approximate surface area is 169 Å². The Morgan fingerprint density at radius 2 is 1.83 bits per heavy atom. The Morgan fingerprint density at radius 3 is 2.52 bits per heavy atom. The molecule has 0 bridgehead atoms. The molecule has 0 saturated heterocycles. The molecule has 5 nitrogen and oxygen atoms in total. The molecule has 3 N–H and O–H groups in total. The second kappa shape index (κ2) is 8.31. The number of carbonyl (C=O) groups excluding carboxylic acids is 1. The lowest BCUT2D eigenvalue weighted by molar-refractivity contribution is 0.0963. The molecule has 1 amide bonds. The van der Waals surface area contributed by atoms with E-state index in [0.29, 0.717) is 16.8 Å². The second-order valence-electron chi connectivity index (χ2n) is 6.54. The number of H-pyrrole nitrogens is 2. The second-order valence-corrected chi connectivity index (χ2v) is 6.54. The fourth-order valence-corrected chi connectivity index (χ4v) is 3.48. The molecule has 0 radical (unpaired) electrons. The molecule has 3 heterocycles. The Bertz CT molecular complexity index is 1170. The van der Waals surface area contributed by atoms with E-state index in [0.717, 1.165) is 33.4 Å². The number of benzene rings is 1. The van der Waals surface area contributed by atoms with E-state index in [1.54, 1.807) is 19.3 Å². The van der Waals surface area contributed by atoms with Crippen LogP contribution in [-0.2, 0) is 0 Å². The number of carbonyl (C=O) groups is 1. The Morgan fingerprint density at radius 1 is 1.07 bits per heavy atom. The number of pyridine rings is 1. The lowest BCUT2D eigenvalue weighted by atomic mass is 10.0. The summed E-state index contributed by atoms with van der Waals surface area (Å²) in [6.07, 6.45) is 3.53. The van der Waals surface area contributed by atoms with Crippen LogP contribution in [0.1, 0.15) is 35.3 Å². The predicted octanol–water partition coefficient (Wildman–Crippen LogP) is 5.37. The fourth-order valence-electron chi connectivity index (χ4n) is 3.48. The zero-order valence-corrected chi connectivity index (χ0v) is 17.3. The topological polar surface area (TPSA) is 73.6 Å². The van der Waals surface area contributed by atoms with Crippen LogP contribution in [0.2, 0.25) is 0 Å². The maximum atomic E-state index is 14.7. The van der Waals surface area contributed by atoms with Crippen LogP contribution in [-0.4, -0.2) is 27.9 Å². The molecular formula is C23H25FN4O. The van der Waals surface area contributed by atoms with Gasteiger partial charge in [0.1, 0.15) is 11.5 Å². The van der Waals surface area contributed by atoms with Crippen LogP contribution < -0.4 is 5.32 Å². The molecule has 1 aromatic carbocycles. The molecule has 29 heavy (non-hydrogen) atoms. The van der Waals surface area contributed by atoms with Crippen molar-refractivity contribution in [2.24, 2.45) is 0 Å². The van der Waals surface area contributed by atoms with E-state index < -0.39 is 0 Å². The van der Waals surface area contributed by atoms with Crippen molar-refractivity contribution in [3.8, 4) is 22.5 Å². The highest BCUT2D eigenvalue weighted by atomic mass is 19.1. The molecule has 0 atom stereocenters. The van der Waals surface area contributed by atoms with Gasteiger partial charge >= 0.3 is 0 Å². The molecule has 0 aliphatic heterocycles. The fraction of sp³-hybridized carbons (Fsp3) is 0.217. The molecular weight excluding hydrogens is 367 g/mol. The van der Waals surface area contributed by atoms with Crippen molar-refractivity contribution in [1.82, 2.24) is 20.3 Å². The average Bonchev–Trinajstić information content (AvgIpc) is 3.33. The summed E-state index contributed by atoms with van der Waals surface area (Å²) in [5.41, 5.74) is 5.30. The van der Waals surface area contributed by atoms with E-state index in [2.05, 4.69) is 20.3 Å². The SMILES string of the molecule is CC.CNC(=O)c1c(-c2ccc(C)cc2F)[nH]c(-c2ccnc3[nH]ccc23)c1C. The predicted molar refractivity (Wildman–Crippen MR) is 115 cm³/mol. The summed E-state index contributed by atoms with van der Waals surface area (Å²) in [6, 6.07) is 8.82. The molecule has 0 fully saturated rings. The van der Waals surface area contributed by atoms with Gasteiger partial charge in [-0.2, -0.15) is 0 Å². The standard InChI is InChI=1S/C21H19FN4O.C2H6/c1-11-4-5-15(16(22)10-11)19-17(21(27)23-3)12(2)18(26-19)13-6-8-24-20-14(13)7-9-25-20;1-2/h4-10,26H,1-3H3,(H,23,27)(H,24,25);1-2H3. The van der Waals surface area contributed by atoms with Crippen LogP contribution >= 0.6 is 0 Å². The first-order valence-corrected chi connectivity index (χ1v) is 9.65. The number of aromatic nitrogens is 3. The largest absolute Gasteiger partial charge is 0.355 e. The number of hydrogen-bond donors (Lipinski definition) is 3. The summed E-state index contributed by atoms with van der Waals surface area (Å²) >= 11 is 0. The first kappa shape index (κ1) is 20.3. The third-order valence-corrected chi connectivity index (χ3v) is 4.83. The number of amides is 1. The summed E-state index contributed by atoms with van der Waals surface area (Å²) in [5.74, 6) is -0.626. The van der Waals surface area contributed by atoms with Crippen LogP contribution in [0.15, 0.2) is 42.7 Å². The Balaban J connectivity index is 0.00000117. The van der Waals surface area contributed by atoms with Crippen molar-refractivity contribution in [2.75, 3.05) is 7.05 Å². The number of aromatic amines is 2. The Hall–Kier alpha value is -3.41. The van der Waals surface area contributed by atoms with Gasteiger partial charge in [-0.25, -0.2) is 9.37 Å². The minimum Gasteiger partial charge on any atom is -0.355 e. The average molecular weight is 392 g/mol. The van der Waals surface area contributed by atoms with Crippen molar-refractivity contribution >= 4 is 16.9 Å². The molecule has 0 spiro atoms. The highest BCUT2D eigenvalue weighted by Crippen LogP contribution is 2.36. The molecule has 150 valence electrons. The van der Waals surface area contributed by atoms with Gasteiger partial charge in [0.2, 0.25) is 0 Å². The van der Waals surface area contributed by atoms with Crippen LogP contribution in [0, 0.1) is 19.7 Å². The van der Waals surface area contributed by atoms with E-state index in [1.165, 1.54) is 6.07 Å². The van der Waals surface area contributed by atoms with Gasteiger partial charge in [0.25, 0.3) is 5.91 Å². The number of hydrogen-bond acceptors (Lipinski definition) is 2. The lowest BCUT2D eigenvalue weighted by Gasteiger charge is -2.06. The van der Waals surface area contributed by atoms with Gasteiger partial charge in [0, 0.05) is 36.0 Å². The van der Waals surface area contributed by atoms with Gasteiger partial charge in [-0.3, -0.25) is 4.79 Å². The Kier molecular flexibility index (Phi) is 5.82. The highest BCUT2D eigenvalue weighted by molar-refractivity contribution is 6.05. The van der Waals surface area contributed by atoms with Crippen LogP contribution in [0.4, 0.5) is 4.39 Å². The minimum atomic E-state index is -0.366.